The second-order valence-corrected chi connectivity index (χ2v) is 8.78. The summed E-state index contributed by atoms with van der Waals surface area (Å²) in [7, 11) is 0. The molecule has 0 radical (unpaired) electrons. The number of carbonyl (C=O) groups excluding carboxylic acids is 2. The lowest BCUT2D eigenvalue weighted by molar-refractivity contribution is -0.141. The van der Waals surface area contributed by atoms with Gasteiger partial charge in [0.1, 0.15) is 17.4 Å². The molecule has 2 bridgehead atoms. The fourth-order valence-electron chi connectivity index (χ4n) is 4.69. The number of halogens is 2. The molecular formula is C20H21ClFN5O3. The second-order valence-electron chi connectivity index (χ2n) is 8.38. The molecule has 0 saturated heterocycles. The normalized spacial score (nSPS) is 25.8. The monoisotopic (exact) mass is 433 g/mol. The molecular weight excluding hydrogens is 413 g/mol. The van der Waals surface area contributed by atoms with Gasteiger partial charge in [0.15, 0.2) is 12.3 Å². The summed E-state index contributed by atoms with van der Waals surface area (Å²) in [6.07, 6.45) is 3.02. The van der Waals surface area contributed by atoms with E-state index in [0.29, 0.717) is 25.0 Å². The summed E-state index contributed by atoms with van der Waals surface area (Å²) in [6, 6.07) is 5.80. The van der Waals surface area contributed by atoms with Crippen LogP contribution in [-0.2, 0) is 11.3 Å². The molecule has 3 aliphatic carbocycles. The lowest BCUT2D eigenvalue weighted by atomic mass is 9.44. The lowest BCUT2D eigenvalue weighted by Crippen LogP contribution is -2.84. The van der Waals surface area contributed by atoms with Crippen LogP contribution in [0.4, 0.5) is 10.2 Å². The van der Waals surface area contributed by atoms with Crippen LogP contribution in [0.3, 0.4) is 0 Å². The zero-order valence-corrected chi connectivity index (χ0v) is 16.9. The Morgan fingerprint density at radius 3 is 2.73 bits per heavy atom. The van der Waals surface area contributed by atoms with Gasteiger partial charge in [-0.3, -0.25) is 9.59 Å². The number of anilines is 1. The predicted octanol–water partition coefficient (Wildman–Crippen LogP) is 2.09. The first-order valence-corrected chi connectivity index (χ1v) is 10.3. The second kappa shape index (κ2) is 6.87. The molecule has 4 aliphatic rings. The van der Waals surface area contributed by atoms with E-state index in [1.807, 2.05) is 4.68 Å². The third kappa shape index (κ3) is 3.36. The fourth-order valence-corrected chi connectivity index (χ4v) is 4.81. The average molecular weight is 434 g/mol. The Morgan fingerprint density at radius 2 is 2.00 bits per heavy atom. The van der Waals surface area contributed by atoms with Crippen molar-refractivity contribution in [2.45, 2.75) is 43.3 Å². The minimum atomic E-state index is -0.596. The van der Waals surface area contributed by atoms with Crippen molar-refractivity contribution < 1.29 is 18.7 Å². The van der Waals surface area contributed by atoms with Crippen LogP contribution in [0, 0.1) is 5.82 Å². The molecule has 30 heavy (non-hydrogen) atoms. The van der Waals surface area contributed by atoms with Gasteiger partial charge in [0, 0.05) is 36.3 Å². The summed E-state index contributed by atoms with van der Waals surface area (Å²) >= 11 is 5.63. The summed E-state index contributed by atoms with van der Waals surface area (Å²) in [5, 5.41) is 13.6. The molecule has 1 aromatic carbocycles. The number of hydrogen-bond acceptors (Lipinski definition) is 5. The summed E-state index contributed by atoms with van der Waals surface area (Å²) in [5.74, 6) is 0.0456. The number of fused-ring (bicyclic) bond motifs is 1. The van der Waals surface area contributed by atoms with Crippen molar-refractivity contribution in [3.8, 4) is 5.75 Å². The van der Waals surface area contributed by atoms with E-state index < -0.39 is 5.82 Å². The molecule has 6 rings (SSSR count). The summed E-state index contributed by atoms with van der Waals surface area (Å²) in [5.41, 5.74) is -0.165. The van der Waals surface area contributed by atoms with Gasteiger partial charge in [0.25, 0.3) is 11.8 Å². The summed E-state index contributed by atoms with van der Waals surface area (Å²) < 4.78 is 20.6. The van der Waals surface area contributed by atoms with E-state index in [9.17, 15) is 14.0 Å². The molecule has 2 aromatic rings. The molecule has 1 aliphatic heterocycles. The number of rotatable bonds is 6. The largest absolute Gasteiger partial charge is 0.484 e. The molecule has 0 spiro atoms. The molecule has 8 nitrogen and oxygen atoms in total. The molecule has 10 heteroatoms. The van der Waals surface area contributed by atoms with Crippen molar-refractivity contribution >= 4 is 29.2 Å². The van der Waals surface area contributed by atoms with Gasteiger partial charge in [-0.1, -0.05) is 11.6 Å². The Balaban J connectivity index is 1.10. The lowest BCUT2D eigenvalue weighted by Gasteiger charge is -2.70. The van der Waals surface area contributed by atoms with Crippen molar-refractivity contribution in [1.29, 1.82) is 0 Å². The first-order chi connectivity index (χ1) is 14.4. The molecule has 3 saturated carbocycles. The number of aryl methyl sites for hydroxylation is 1. The van der Waals surface area contributed by atoms with E-state index in [-0.39, 0.29) is 40.3 Å². The van der Waals surface area contributed by atoms with E-state index in [2.05, 4.69) is 21.0 Å². The smallest absolute Gasteiger partial charge is 0.272 e. The molecule has 2 heterocycles. The predicted molar refractivity (Wildman–Crippen MR) is 107 cm³/mol. The molecule has 3 N–H and O–H groups in total. The van der Waals surface area contributed by atoms with Gasteiger partial charge in [-0.15, -0.1) is 0 Å². The molecule has 3 fully saturated rings. The Hall–Kier alpha value is -2.81. The number of nitrogens with zero attached hydrogens (tertiary/aromatic N) is 2. The van der Waals surface area contributed by atoms with Crippen LogP contribution in [0.5, 0.6) is 5.75 Å². The van der Waals surface area contributed by atoms with Crippen molar-refractivity contribution in [3.63, 3.8) is 0 Å². The quantitative estimate of drug-likeness (QED) is 0.648. The number of nitrogens with one attached hydrogen (secondary N) is 3. The van der Waals surface area contributed by atoms with Crippen LogP contribution in [0.2, 0.25) is 5.02 Å². The highest BCUT2D eigenvalue weighted by Gasteiger charge is 2.69. The Bertz CT molecular complexity index is 996. The van der Waals surface area contributed by atoms with E-state index in [0.717, 1.165) is 31.4 Å². The van der Waals surface area contributed by atoms with E-state index in [4.69, 9.17) is 16.3 Å². The first kappa shape index (κ1) is 19.2. The van der Waals surface area contributed by atoms with Crippen LogP contribution in [-0.4, -0.2) is 45.8 Å². The number of hydrogen-bond donors (Lipinski definition) is 3. The molecule has 0 unspecified atom stereocenters. The van der Waals surface area contributed by atoms with Crippen molar-refractivity contribution in [3.05, 3.63) is 40.8 Å². The van der Waals surface area contributed by atoms with Crippen molar-refractivity contribution in [1.82, 2.24) is 20.4 Å². The SMILES string of the molecule is O=C(COc1ccc(Cl)c(F)c1)NC12CC(NC(=O)c3cc4n(n3)CCCN4)(C1)C2. The molecule has 2 amide bonds. The Morgan fingerprint density at radius 1 is 1.23 bits per heavy atom. The first-order valence-electron chi connectivity index (χ1n) is 9.89. The van der Waals surface area contributed by atoms with Gasteiger partial charge in [-0.05, 0) is 37.8 Å². The average Bonchev–Trinajstić information content (AvgIpc) is 3.10. The standard InChI is InChI=1S/C20H21ClFN5O3/c21-13-3-2-12(6-14(13)22)30-8-17(28)24-19-9-20(10-19,11-19)25-18(29)15-7-16-23-4-1-5-27(16)26-15/h2-3,6-7,23H,1,4-5,8-11H2,(H,24,28)(H,25,29). The highest BCUT2D eigenvalue weighted by molar-refractivity contribution is 6.30. The number of carbonyl (C=O) groups is 2. The Labute approximate surface area is 177 Å². The van der Waals surface area contributed by atoms with E-state index >= 15 is 0 Å². The molecule has 158 valence electrons. The van der Waals surface area contributed by atoms with Crippen molar-refractivity contribution in [2.24, 2.45) is 0 Å². The highest BCUT2D eigenvalue weighted by Crippen LogP contribution is 2.60. The van der Waals surface area contributed by atoms with Crippen LogP contribution >= 0.6 is 11.6 Å². The maximum atomic E-state index is 13.4. The van der Waals surface area contributed by atoms with Gasteiger partial charge in [0.05, 0.1) is 5.02 Å². The van der Waals surface area contributed by atoms with Gasteiger partial charge in [-0.2, -0.15) is 5.10 Å². The van der Waals surface area contributed by atoms with Gasteiger partial charge in [0.2, 0.25) is 0 Å². The van der Waals surface area contributed by atoms with E-state index in [1.165, 1.54) is 12.1 Å². The van der Waals surface area contributed by atoms with Gasteiger partial charge < -0.3 is 20.7 Å². The topological polar surface area (TPSA) is 97.3 Å². The Kier molecular flexibility index (Phi) is 4.39. The van der Waals surface area contributed by atoms with Crippen molar-refractivity contribution in [2.75, 3.05) is 18.5 Å². The van der Waals surface area contributed by atoms with Crippen LogP contribution < -0.4 is 20.7 Å². The number of ether oxygens (including phenoxy) is 1. The third-order valence-electron chi connectivity index (χ3n) is 5.94. The zero-order chi connectivity index (χ0) is 20.9. The number of benzene rings is 1. The van der Waals surface area contributed by atoms with E-state index in [1.54, 1.807) is 6.07 Å². The van der Waals surface area contributed by atoms with Gasteiger partial charge in [-0.25, -0.2) is 9.07 Å². The van der Waals surface area contributed by atoms with Crippen LogP contribution in [0.25, 0.3) is 0 Å². The minimum Gasteiger partial charge on any atom is -0.484 e. The number of amides is 2. The zero-order valence-electron chi connectivity index (χ0n) is 16.1. The fraction of sp³-hybridized carbons (Fsp3) is 0.450. The maximum Gasteiger partial charge on any atom is 0.272 e. The number of aromatic nitrogens is 2. The third-order valence-corrected chi connectivity index (χ3v) is 6.25. The highest BCUT2D eigenvalue weighted by atomic mass is 35.5. The molecule has 0 atom stereocenters. The maximum absolute atomic E-state index is 13.4. The van der Waals surface area contributed by atoms with Crippen LogP contribution in [0.15, 0.2) is 24.3 Å². The van der Waals surface area contributed by atoms with Gasteiger partial charge >= 0.3 is 0 Å². The molecule has 1 aromatic heterocycles. The van der Waals surface area contributed by atoms with Crippen LogP contribution in [0.1, 0.15) is 36.2 Å². The minimum absolute atomic E-state index is 0.0000113. The summed E-state index contributed by atoms with van der Waals surface area (Å²) in [4.78, 5) is 24.8. The summed E-state index contributed by atoms with van der Waals surface area (Å²) in [6.45, 7) is 1.48.